The summed E-state index contributed by atoms with van der Waals surface area (Å²) in [6.07, 6.45) is 5.61. The molecule has 1 fully saturated rings. The van der Waals surface area contributed by atoms with Crippen LogP contribution in [0.4, 0.5) is 0 Å². The fourth-order valence-electron chi connectivity index (χ4n) is 2.78. The van der Waals surface area contributed by atoms with Crippen LogP contribution in [-0.4, -0.2) is 37.1 Å². The average Bonchev–Trinajstić information content (AvgIpc) is 2.28. The predicted molar refractivity (Wildman–Crippen MR) is 76.4 cm³/mol. The second-order valence-corrected chi connectivity index (χ2v) is 6.34. The van der Waals surface area contributed by atoms with Gasteiger partial charge in [-0.2, -0.15) is 0 Å². The quantitative estimate of drug-likeness (QED) is 0.735. The molecule has 0 spiro atoms. The van der Waals surface area contributed by atoms with E-state index in [4.69, 9.17) is 0 Å². The van der Waals surface area contributed by atoms with Crippen LogP contribution < -0.4 is 5.32 Å². The van der Waals surface area contributed by atoms with Gasteiger partial charge < -0.3 is 10.2 Å². The number of nitrogens with zero attached hydrogens (tertiary/aromatic N) is 1. The maximum absolute atomic E-state index is 3.51. The normalized spacial score (nSPS) is 21.7. The molecule has 0 bridgehead atoms. The van der Waals surface area contributed by atoms with Gasteiger partial charge in [0.15, 0.2) is 0 Å². The highest BCUT2D eigenvalue weighted by Crippen LogP contribution is 2.16. The van der Waals surface area contributed by atoms with Crippen molar-refractivity contribution in [3.8, 4) is 0 Å². The smallest absolute Gasteiger partial charge is 0.00387 e. The lowest BCUT2D eigenvalue weighted by molar-refractivity contribution is 0.187. The highest BCUT2D eigenvalue weighted by molar-refractivity contribution is 4.71. The van der Waals surface area contributed by atoms with Gasteiger partial charge in [0.25, 0.3) is 0 Å². The third-order valence-electron chi connectivity index (χ3n) is 3.79. The van der Waals surface area contributed by atoms with E-state index in [1.54, 1.807) is 0 Å². The average molecular weight is 240 g/mol. The van der Waals surface area contributed by atoms with Crippen molar-refractivity contribution in [1.29, 1.82) is 0 Å². The second kappa shape index (κ2) is 8.10. The van der Waals surface area contributed by atoms with Crippen LogP contribution >= 0.6 is 0 Å². The van der Waals surface area contributed by atoms with Crippen LogP contribution in [-0.2, 0) is 0 Å². The summed E-state index contributed by atoms with van der Waals surface area (Å²) in [5.41, 5.74) is 0. The van der Waals surface area contributed by atoms with E-state index in [1.165, 1.54) is 51.9 Å². The molecule has 1 aliphatic rings. The zero-order valence-corrected chi connectivity index (χ0v) is 12.3. The maximum Gasteiger partial charge on any atom is 0.00387 e. The molecule has 102 valence electrons. The van der Waals surface area contributed by atoms with Crippen molar-refractivity contribution in [3.63, 3.8) is 0 Å². The Morgan fingerprint density at radius 3 is 2.53 bits per heavy atom. The molecule has 0 aromatic heterocycles. The van der Waals surface area contributed by atoms with Gasteiger partial charge in [-0.3, -0.25) is 0 Å². The summed E-state index contributed by atoms with van der Waals surface area (Å²) in [6.45, 7) is 14.3. The summed E-state index contributed by atoms with van der Waals surface area (Å²) in [7, 11) is 0. The number of nitrogens with one attached hydrogen (secondary N) is 1. The predicted octanol–water partition coefficient (Wildman–Crippen LogP) is 3.13. The Kier molecular flexibility index (Phi) is 7.14. The van der Waals surface area contributed by atoms with E-state index >= 15 is 0 Å². The third-order valence-corrected chi connectivity index (χ3v) is 3.79. The Labute approximate surface area is 108 Å². The van der Waals surface area contributed by atoms with E-state index in [0.29, 0.717) is 6.04 Å². The summed E-state index contributed by atoms with van der Waals surface area (Å²) in [4.78, 5) is 2.64. The first-order valence-electron chi connectivity index (χ1n) is 7.54. The molecular weight excluding hydrogens is 208 g/mol. The Hall–Kier alpha value is -0.0800. The molecule has 2 heteroatoms. The first-order valence-corrected chi connectivity index (χ1v) is 7.54. The SMILES string of the molecule is CC(C)CN(CCCC1CCCNC1)C(C)C. The fraction of sp³-hybridized carbons (Fsp3) is 1.00. The highest BCUT2D eigenvalue weighted by Gasteiger charge is 2.15. The lowest BCUT2D eigenvalue weighted by atomic mass is 9.94. The molecule has 17 heavy (non-hydrogen) atoms. The summed E-state index contributed by atoms with van der Waals surface area (Å²) in [6, 6.07) is 0.696. The van der Waals surface area contributed by atoms with Crippen LogP contribution in [0, 0.1) is 11.8 Å². The first-order chi connectivity index (χ1) is 8.09. The minimum Gasteiger partial charge on any atom is -0.316 e. The molecule has 0 radical (unpaired) electrons. The van der Waals surface area contributed by atoms with Crippen LogP contribution in [0.15, 0.2) is 0 Å². The number of hydrogen-bond donors (Lipinski definition) is 1. The zero-order valence-electron chi connectivity index (χ0n) is 12.3. The van der Waals surface area contributed by atoms with Crippen LogP contribution in [0.25, 0.3) is 0 Å². The van der Waals surface area contributed by atoms with E-state index < -0.39 is 0 Å². The van der Waals surface area contributed by atoms with Gasteiger partial charge in [-0.15, -0.1) is 0 Å². The summed E-state index contributed by atoms with van der Waals surface area (Å²) in [5.74, 6) is 1.73. The van der Waals surface area contributed by atoms with Gasteiger partial charge in [0, 0.05) is 12.6 Å². The van der Waals surface area contributed by atoms with Crippen LogP contribution in [0.3, 0.4) is 0 Å². The minimum absolute atomic E-state index is 0.696. The van der Waals surface area contributed by atoms with Crippen molar-refractivity contribution in [2.75, 3.05) is 26.2 Å². The third kappa shape index (κ3) is 6.42. The molecule has 1 aliphatic heterocycles. The topological polar surface area (TPSA) is 15.3 Å². The Morgan fingerprint density at radius 1 is 1.24 bits per heavy atom. The Balaban J connectivity index is 2.17. The lowest BCUT2D eigenvalue weighted by Crippen LogP contribution is -2.36. The molecule has 1 atom stereocenters. The molecule has 1 saturated heterocycles. The molecule has 0 amide bonds. The Morgan fingerprint density at radius 2 is 2.00 bits per heavy atom. The van der Waals surface area contributed by atoms with E-state index in [-0.39, 0.29) is 0 Å². The van der Waals surface area contributed by atoms with Gasteiger partial charge in [0.1, 0.15) is 0 Å². The molecule has 0 saturated carbocycles. The van der Waals surface area contributed by atoms with E-state index in [0.717, 1.165) is 11.8 Å². The van der Waals surface area contributed by atoms with E-state index in [9.17, 15) is 0 Å². The zero-order chi connectivity index (χ0) is 12.7. The monoisotopic (exact) mass is 240 g/mol. The lowest BCUT2D eigenvalue weighted by Gasteiger charge is -2.29. The van der Waals surface area contributed by atoms with Crippen molar-refractivity contribution < 1.29 is 0 Å². The first kappa shape index (κ1) is 15.0. The van der Waals surface area contributed by atoms with Crippen molar-refractivity contribution in [2.24, 2.45) is 11.8 Å². The standard InChI is InChI=1S/C15H32N2/c1-13(2)12-17(14(3)4)10-6-8-15-7-5-9-16-11-15/h13-16H,5-12H2,1-4H3. The van der Waals surface area contributed by atoms with Crippen molar-refractivity contribution >= 4 is 0 Å². The molecular formula is C15H32N2. The van der Waals surface area contributed by atoms with Crippen LogP contribution in [0.2, 0.25) is 0 Å². The van der Waals surface area contributed by atoms with Gasteiger partial charge in [0.05, 0.1) is 0 Å². The number of rotatable bonds is 7. The largest absolute Gasteiger partial charge is 0.316 e. The summed E-state index contributed by atoms with van der Waals surface area (Å²) >= 11 is 0. The molecule has 1 unspecified atom stereocenters. The van der Waals surface area contributed by atoms with Gasteiger partial charge in [-0.1, -0.05) is 13.8 Å². The molecule has 0 aromatic carbocycles. The number of piperidine rings is 1. The molecule has 0 aromatic rings. The molecule has 1 rings (SSSR count). The van der Waals surface area contributed by atoms with Gasteiger partial charge >= 0.3 is 0 Å². The fourth-order valence-corrected chi connectivity index (χ4v) is 2.78. The van der Waals surface area contributed by atoms with Crippen molar-refractivity contribution in [2.45, 2.75) is 59.4 Å². The second-order valence-electron chi connectivity index (χ2n) is 6.34. The van der Waals surface area contributed by atoms with Crippen molar-refractivity contribution in [1.82, 2.24) is 10.2 Å². The van der Waals surface area contributed by atoms with Gasteiger partial charge in [-0.25, -0.2) is 0 Å². The minimum atomic E-state index is 0.696. The molecule has 0 aliphatic carbocycles. The Bertz CT molecular complexity index is 183. The molecule has 2 nitrogen and oxygen atoms in total. The number of hydrogen-bond acceptors (Lipinski definition) is 2. The van der Waals surface area contributed by atoms with E-state index in [2.05, 4.69) is 37.9 Å². The summed E-state index contributed by atoms with van der Waals surface area (Å²) in [5, 5.41) is 3.51. The highest BCUT2D eigenvalue weighted by atomic mass is 15.1. The van der Waals surface area contributed by atoms with Crippen LogP contribution in [0.1, 0.15) is 53.4 Å². The van der Waals surface area contributed by atoms with Crippen LogP contribution in [0.5, 0.6) is 0 Å². The van der Waals surface area contributed by atoms with Crippen molar-refractivity contribution in [3.05, 3.63) is 0 Å². The molecule has 1 N–H and O–H groups in total. The summed E-state index contributed by atoms with van der Waals surface area (Å²) < 4.78 is 0. The van der Waals surface area contributed by atoms with Gasteiger partial charge in [0.2, 0.25) is 0 Å². The van der Waals surface area contributed by atoms with E-state index in [1.807, 2.05) is 0 Å². The van der Waals surface area contributed by atoms with Gasteiger partial charge in [-0.05, 0) is 71.0 Å². The maximum atomic E-state index is 3.51. The molecule has 1 heterocycles.